The number of carbonyl (C=O) groups is 1. The lowest BCUT2D eigenvalue weighted by atomic mass is 9.88. The van der Waals surface area contributed by atoms with Crippen molar-refractivity contribution < 1.29 is 9.53 Å². The fourth-order valence-electron chi connectivity index (χ4n) is 3.24. The molecular formula is C18H25ClN4O2. The molecule has 1 fully saturated rings. The largest absolute Gasteiger partial charge is 0.465 e. The van der Waals surface area contributed by atoms with Crippen molar-refractivity contribution in [2.24, 2.45) is 17.2 Å². The molecule has 1 unspecified atom stereocenters. The van der Waals surface area contributed by atoms with Gasteiger partial charge >= 0.3 is 5.97 Å². The average Bonchev–Trinajstić information content (AvgIpc) is 2.58. The molecule has 1 aromatic carbocycles. The second-order valence-electron chi connectivity index (χ2n) is 6.22. The van der Waals surface area contributed by atoms with Gasteiger partial charge in [0.1, 0.15) is 11.0 Å². The molecule has 0 spiro atoms. The first-order chi connectivity index (χ1) is 11.8. The number of halogens is 1. The first-order valence-electron chi connectivity index (χ1n) is 8.15. The van der Waals surface area contributed by atoms with E-state index in [9.17, 15) is 4.79 Å². The van der Waals surface area contributed by atoms with Crippen LogP contribution in [0.3, 0.4) is 0 Å². The number of aryl methyl sites for hydroxylation is 1. The third-order valence-corrected chi connectivity index (χ3v) is 4.57. The van der Waals surface area contributed by atoms with Crippen molar-refractivity contribution >= 4 is 17.6 Å². The molecule has 6 nitrogen and oxygen atoms in total. The predicted octanol–water partition coefficient (Wildman–Crippen LogP) is 2.09. The number of likely N-dealkylation sites (tertiary alicyclic amines) is 1. The van der Waals surface area contributed by atoms with Crippen LogP contribution < -0.4 is 17.2 Å². The molecule has 0 aromatic heterocycles. The van der Waals surface area contributed by atoms with Crippen LogP contribution in [0.5, 0.6) is 0 Å². The first kappa shape index (κ1) is 19.0. The predicted molar refractivity (Wildman–Crippen MR) is 99.6 cm³/mol. The van der Waals surface area contributed by atoms with Gasteiger partial charge in [-0.3, -0.25) is 0 Å². The third-order valence-electron chi connectivity index (χ3n) is 4.46. The molecule has 1 aliphatic heterocycles. The Morgan fingerprint density at radius 1 is 1.36 bits per heavy atom. The first-order valence-corrected chi connectivity index (χ1v) is 8.53. The van der Waals surface area contributed by atoms with E-state index in [4.69, 9.17) is 33.5 Å². The quantitative estimate of drug-likeness (QED) is 0.429. The summed E-state index contributed by atoms with van der Waals surface area (Å²) in [6.45, 7) is 3.50. The fraction of sp³-hybridized carbons (Fsp3) is 0.389. The number of methoxy groups -OCH3 is 1. The molecule has 136 valence electrons. The zero-order valence-corrected chi connectivity index (χ0v) is 15.3. The van der Waals surface area contributed by atoms with E-state index >= 15 is 0 Å². The van der Waals surface area contributed by atoms with Crippen molar-refractivity contribution in [3.05, 3.63) is 57.6 Å². The summed E-state index contributed by atoms with van der Waals surface area (Å²) < 4.78 is 4.80. The van der Waals surface area contributed by atoms with Crippen molar-refractivity contribution in [3.8, 4) is 0 Å². The minimum Gasteiger partial charge on any atom is -0.465 e. The SMILES string of the molecule is COC(=O)c1ccc(C2CCCN(C(/C=C(\N)Cl)=C(N)N)C2)cc1C. The summed E-state index contributed by atoms with van der Waals surface area (Å²) in [5.74, 6) is 0.179. The number of benzene rings is 1. The summed E-state index contributed by atoms with van der Waals surface area (Å²) >= 11 is 5.79. The van der Waals surface area contributed by atoms with Gasteiger partial charge in [-0.05, 0) is 43.0 Å². The molecule has 6 N–H and O–H groups in total. The van der Waals surface area contributed by atoms with Crippen LogP contribution in [0, 0.1) is 6.92 Å². The van der Waals surface area contributed by atoms with Crippen molar-refractivity contribution in [2.75, 3.05) is 20.2 Å². The van der Waals surface area contributed by atoms with E-state index in [1.807, 2.05) is 25.1 Å². The molecule has 1 atom stereocenters. The highest BCUT2D eigenvalue weighted by atomic mass is 35.5. The number of carbonyl (C=O) groups excluding carboxylic acids is 1. The summed E-state index contributed by atoms with van der Waals surface area (Å²) in [6, 6.07) is 5.84. The van der Waals surface area contributed by atoms with Gasteiger partial charge in [0.2, 0.25) is 0 Å². The van der Waals surface area contributed by atoms with Gasteiger partial charge in [-0.15, -0.1) is 0 Å². The number of piperidine rings is 1. The number of hydrogen-bond acceptors (Lipinski definition) is 6. The second-order valence-corrected chi connectivity index (χ2v) is 6.66. The Labute approximate surface area is 153 Å². The van der Waals surface area contributed by atoms with Crippen LogP contribution in [0.1, 0.15) is 40.2 Å². The maximum atomic E-state index is 11.7. The number of allylic oxidation sites excluding steroid dienone is 1. The van der Waals surface area contributed by atoms with E-state index < -0.39 is 0 Å². The number of nitrogens with zero attached hydrogens (tertiary/aromatic N) is 1. The van der Waals surface area contributed by atoms with E-state index in [0.717, 1.165) is 31.5 Å². The standard InChI is InChI=1S/C18H25ClN4O2/c1-11-8-12(5-6-14(11)18(24)25-2)13-4-3-7-23(10-13)15(17(21)22)9-16(19)20/h5-6,8-9,13H,3-4,7,10,20-22H2,1-2H3/b16-9-. The van der Waals surface area contributed by atoms with E-state index in [1.54, 1.807) is 6.08 Å². The molecular weight excluding hydrogens is 340 g/mol. The van der Waals surface area contributed by atoms with Crippen LogP contribution >= 0.6 is 11.6 Å². The number of rotatable bonds is 4. The lowest BCUT2D eigenvalue weighted by molar-refractivity contribution is 0.0600. The molecule has 0 bridgehead atoms. The van der Waals surface area contributed by atoms with Crippen LogP contribution in [0.15, 0.2) is 40.9 Å². The van der Waals surface area contributed by atoms with Crippen molar-refractivity contribution in [1.82, 2.24) is 4.90 Å². The van der Waals surface area contributed by atoms with Crippen LogP contribution in [0.4, 0.5) is 0 Å². The van der Waals surface area contributed by atoms with E-state index in [1.165, 1.54) is 12.7 Å². The maximum absolute atomic E-state index is 11.7. The molecule has 0 saturated carbocycles. The number of esters is 1. The highest BCUT2D eigenvalue weighted by Crippen LogP contribution is 2.30. The summed E-state index contributed by atoms with van der Waals surface area (Å²) in [4.78, 5) is 13.8. The summed E-state index contributed by atoms with van der Waals surface area (Å²) in [5.41, 5.74) is 20.5. The van der Waals surface area contributed by atoms with Crippen LogP contribution in [0.2, 0.25) is 0 Å². The third kappa shape index (κ3) is 4.60. The minimum absolute atomic E-state index is 0.142. The molecule has 0 amide bonds. The Morgan fingerprint density at radius 3 is 2.64 bits per heavy atom. The second kappa shape index (κ2) is 8.16. The van der Waals surface area contributed by atoms with Crippen LogP contribution in [-0.2, 0) is 4.74 Å². The molecule has 1 saturated heterocycles. The van der Waals surface area contributed by atoms with Gasteiger partial charge < -0.3 is 26.8 Å². The average molecular weight is 365 g/mol. The Bertz CT molecular complexity index is 707. The monoisotopic (exact) mass is 364 g/mol. The molecule has 1 aliphatic rings. The Morgan fingerprint density at radius 2 is 2.08 bits per heavy atom. The van der Waals surface area contributed by atoms with Gasteiger partial charge in [-0.2, -0.15) is 0 Å². The fourth-order valence-corrected chi connectivity index (χ4v) is 3.34. The Kier molecular flexibility index (Phi) is 6.20. The topological polar surface area (TPSA) is 108 Å². The Hall–Kier alpha value is -2.34. The zero-order valence-electron chi connectivity index (χ0n) is 14.6. The number of ether oxygens (including phenoxy) is 1. The minimum atomic E-state index is -0.321. The van der Waals surface area contributed by atoms with Gasteiger partial charge in [0.05, 0.1) is 18.4 Å². The molecule has 0 aliphatic carbocycles. The smallest absolute Gasteiger partial charge is 0.338 e. The highest BCUT2D eigenvalue weighted by molar-refractivity contribution is 6.29. The van der Waals surface area contributed by atoms with Crippen LogP contribution in [0.25, 0.3) is 0 Å². The van der Waals surface area contributed by atoms with Gasteiger partial charge in [0, 0.05) is 19.0 Å². The van der Waals surface area contributed by atoms with Gasteiger partial charge in [-0.1, -0.05) is 23.7 Å². The molecule has 25 heavy (non-hydrogen) atoms. The summed E-state index contributed by atoms with van der Waals surface area (Å²) in [6.07, 6.45) is 3.63. The van der Waals surface area contributed by atoms with Gasteiger partial charge in [-0.25, -0.2) is 4.79 Å². The van der Waals surface area contributed by atoms with E-state index in [-0.39, 0.29) is 16.9 Å². The van der Waals surface area contributed by atoms with Crippen molar-refractivity contribution in [3.63, 3.8) is 0 Å². The van der Waals surface area contributed by atoms with Crippen LogP contribution in [-0.4, -0.2) is 31.1 Å². The summed E-state index contributed by atoms with van der Waals surface area (Å²) in [7, 11) is 1.38. The number of hydrogen-bond donors (Lipinski definition) is 3. The molecule has 0 radical (unpaired) electrons. The Balaban J connectivity index is 2.24. The lowest BCUT2D eigenvalue weighted by Crippen LogP contribution is -2.36. The molecule has 1 heterocycles. The van der Waals surface area contributed by atoms with Gasteiger partial charge in [0.15, 0.2) is 0 Å². The molecule has 7 heteroatoms. The summed E-state index contributed by atoms with van der Waals surface area (Å²) in [5, 5.41) is 0.142. The van der Waals surface area contributed by atoms with E-state index in [0.29, 0.717) is 17.2 Å². The highest BCUT2D eigenvalue weighted by Gasteiger charge is 2.24. The van der Waals surface area contributed by atoms with Crippen molar-refractivity contribution in [2.45, 2.75) is 25.7 Å². The lowest BCUT2D eigenvalue weighted by Gasteiger charge is -2.35. The molecule has 2 rings (SSSR count). The number of nitrogens with two attached hydrogens (primary N) is 3. The van der Waals surface area contributed by atoms with Crippen molar-refractivity contribution in [1.29, 1.82) is 0 Å². The van der Waals surface area contributed by atoms with Gasteiger partial charge in [0.25, 0.3) is 0 Å². The molecule has 1 aromatic rings. The maximum Gasteiger partial charge on any atom is 0.338 e. The zero-order chi connectivity index (χ0) is 18.6. The normalized spacial score (nSPS) is 18.0. The van der Waals surface area contributed by atoms with E-state index in [2.05, 4.69) is 4.90 Å².